The first kappa shape index (κ1) is 17.8. The normalized spacial score (nSPS) is 12.4. The number of nitro benzene ring substituents is 1. The Bertz CT molecular complexity index is 1150. The summed E-state index contributed by atoms with van der Waals surface area (Å²) in [5, 5.41) is 29.5. The van der Waals surface area contributed by atoms with Gasteiger partial charge in [-0.3, -0.25) is 14.9 Å². The number of ether oxygens (including phenoxy) is 2. The van der Waals surface area contributed by atoms with E-state index in [1.54, 1.807) is 6.92 Å². The molecule has 3 heterocycles. The van der Waals surface area contributed by atoms with Gasteiger partial charge in [-0.05, 0) is 23.3 Å². The third-order valence-electron chi connectivity index (χ3n) is 3.89. The number of rotatable bonds is 5. The van der Waals surface area contributed by atoms with Crippen LogP contribution in [0.15, 0.2) is 21.9 Å². The van der Waals surface area contributed by atoms with Gasteiger partial charge in [0.25, 0.3) is 11.6 Å². The van der Waals surface area contributed by atoms with E-state index >= 15 is 0 Å². The van der Waals surface area contributed by atoms with Crippen molar-refractivity contribution in [1.29, 1.82) is 0 Å². The summed E-state index contributed by atoms with van der Waals surface area (Å²) in [5.74, 6) is -0.0669. The number of fused-ring (bicyclic) bond motifs is 1. The van der Waals surface area contributed by atoms with Crippen LogP contribution in [-0.4, -0.2) is 49.1 Å². The van der Waals surface area contributed by atoms with Crippen LogP contribution in [0.2, 0.25) is 0 Å². The highest BCUT2D eigenvalue weighted by atomic mass is 16.7. The summed E-state index contributed by atoms with van der Waals surface area (Å²) in [7, 11) is 0. The molecule has 0 unspecified atom stereocenters. The number of nitrogen functional groups attached to an aromatic ring is 1. The van der Waals surface area contributed by atoms with E-state index in [4.69, 9.17) is 15.2 Å². The average molecular weight is 401 g/mol. The van der Waals surface area contributed by atoms with E-state index in [2.05, 4.69) is 35.8 Å². The highest BCUT2D eigenvalue weighted by Crippen LogP contribution is 2.37. The Morgan fingerprint density at radius 3 is 2.83 bits per heavy atom. The van der Waals surface area contributed by atoms with Crippen molar-refractivity contribution in [2.75, 3.05) is 12.5 Å². The second kappa shape index (κ2) is 6.87. The van der Waals surface area contributed by atoms with Gasteiger partial charge in [0, 0.05) is 0 Å². The fourth-order valence-corrected chi connectivity index (χ4v) is 2.50. The molecule has 148 valence electrons. The lowest BCUT2D eigenvalue weighted by molar-refractivity contribution is -0.385. The van der Waals surface area contributed by atoms with Gasteiger partial charge in [0.15, 0.2) is 17.2 Å². The zero-order chi connectivity index (χ0) is 20.5. The van der Waals surface area contributed by atoms with Crippen LogP contribution >= 0.6 is 0 Å². The van der Waals surface area contributed by atoms with E-state index in [1.165, 1.54) is 16.8 Å². The largest absolute Gasteiger partial charge is 0.454 e. The number of nitrogens with one attached hydrogen (secondary N) is 1. The van der Waals surface area contributed by atoms with Crippen molar-refractivity contribution in [3.8, 4) is 17.3 Å². The minimum absolute atomic E-state index is 0.0295. The lowest BCUT2D eigenvalue weighted by Crippen LogP contribution is -2.19. The summed E-state index contributed by atoms with van der Waals surface area (Å²) >= 11 is 0. The molecular formula is C14H11N9O6. The molecule has 15 nitrogen and oxygen atoms in total. The van der Waals surface area contributed by atoms with Gasteiger partial charge < -0.3 is 15.2 Å². The molecule has 0 spiro atoms. The van der Waals surface area contributed by atoms with Crippen molar-refractivity contribution in [1.82, 2.24) is 30.7 Å². The molecule has 29 heavy (non-hydrogen) atoms. The Balaban J connectivity index is 1.54. The van der Waals surface area contributed by atoms with Gasteiger partial charge >= 0.3 is 0 Å². The third kappa shape index (κ3) is 3.15. The molecule has 1 aromatic carbocycles. The zero-order valence-corrected chi connectivity index (χ0v) is 14.6. The van der Waals surface area contributed by atoms with Crippen molar-refractivity contribution < 1.29 is 23.8 Å². The second-order valence-corrected chi connectivity index (χ2v) is 5.63. The molecule has 4 rings (SSSR count). The first-order valence-electron chi connectivity index (χ1n) is 7.88. The maximum Gasteiger partial charge on any atom is 0.293 e. The van der Waals surface area contributed by atoms with Gasteiger partial charge in [0.05, 0.1) is 28.5 Å². The Kier molecular flexibility index (Phi) is 4.23. The number of aromatic nitrogens is 5. The fourth-order valence-electron chi connectivity index (χ4n) is 2.50. The molecule has 1 aliphatic rings. The molecule has 0 atom stereocenters. The molecule has 2 aromatic heterocycles. The molecule has 15 heteroatoms. The minimum Gasteiger partial charge on any atom is -0.454 e. The number of nitrogens with two attached hydrogens (primary N) is 1. The van der Waals surface area contributed by atoms with Crippen LogP contribution in [0.1, 0.15) is 21.7 Å². The van der Waals surface area contributed by atoms with Gasteiger partial charge in [-0.2, -0.15) is 9.78 Å². The van der Waals surface area contributed by atoms with E-state index in [0.717, 1.165) is 6.21 Å². The van der Waals surface area contributed by atoms with Gasteiger partial charge in [-0.15, -0.1) is 5.10 Å². The van der Waals surface area contributed by atoms with Gasteiger partial charge in [0.1, 0.15) is 0 Å². The fraction of sp³-hybridized carbons (Fsp3) is 0.143. The highest BCUT2D eigenvalue weighted by molar-refractivity contribution is 5.94. The number of nitrogens with zero attached hydrogens (tertiary/aromatic N) is 7. The van der Waals surface area contributed by atoms with Gasteiger partial charge in [-0.25, -0.2) is 10.1 Å². The predicted octanol–water partition coefficient (Wildman–Crippen LogP) is -0.0583. The van der Waals surface area contributed by atoms with Crippen LogP contribution in [0.5, 0.6) is 11.5 Å². The van der Waals surface area contributed by atoms with Crippen molar-refractivity contribution in [3.63, 3.8) is 0 Å². The van der Waals surface area contributed by atoms with Crippen molar-refractivity contribution >= 4 is 23.6 Å². The smallest absolute Gasteiger partial charge is 0.293 e. The highest BCUT2D eigenvalue weighted by Gasteiger charge is 2.23. The summed E-state index contributed by atoms with van der Waals surface area (Å²) in [4.78, 5) is 23.0. The molecule has 0 saturated carbocycles. The number of amides is 1. The van der Waals surface area contributed by atoms with Crippen LogP contribution < -0.4 is 20.6 Å². The number of carbonyl (C=O) groups excluding carboxylic acids is 1. The Hall–Kier alpha value is -4.56. The van der Waals surface area contributed by atoms with Crippen LogP contribution in [0.4, 0.5) is 11.5 Å². The standard InChI is InChI=1S/C14H11N9O6/c1-6-11(17-21-22(6)13-12(15)19-29-20-13)14(24)18-16-4-7-2-9-10(28-5-27-9)3-8(7)23(25)26/h2-4H,5H2,1H3,(H2,15,19)(H,18,24). The Morgan fingerprint density at radius 1 is 1.38 bits per heavy atom. The third-order valence-corrected chi connectivity index (χ3v) is 3.89. The summed E-state index contributed by atoms with van der Waals surface area (Å²) in [5.41, 5.74) is 7.91. The summed E-state index contributed by atoms with van der Waals surface area (Å²) < 4.78 is 16.0. The van der Waals surface area contributed by atoms with E-state index in [1.807, 2.05) is 0 Å². The molecule has 0 saturated heterocycles. The first-order valence-corrected chi connectivity index (χ1v) is 7.88. The molecule has 0 fully saturated rings. The topological polar surface area (TPSA) is 199 Å². The minimum atomic E-state index is -0.705. The Morgan fingerprint density at radius 2 is 2.14 bits per heavy atom. The molecule has 1 amide bonds. The predicted molar refractivity (Wildman–Crippen MR) is 92.6 cm³/mol. The zero-order valence-electron chi connectivity index (χ0n) is 14.6. The van der Waals surface area contributed by atoms with Crippen molar-refractivity contribution in [3.05, 3.63) is 39.2 Å². The number of hydrogen-bond acceptors (Lipinski definition) is 12. The van der Waals surface area contributed by atoms with Crippen LogP contribution in [0.3, 0.4) is 0 Å². The molecular weight excluding hydrogens is 390 g/mol. The van der Waals surface area contributed by atoms with Crippen LogP contribution in [0, 0.1) is 17.0 Å². The van der Waals surface area contributed by atoms with Crippen LogP contribution in [0.25, 0.3) is 5.82 Å². The summed E-state index contributed by atoms with van der Waals surface area (Å²) in [6, 6.07) is 2.61. The lowest BCUT2D eigenvalue weighted by atomic mass is 10.1. The molecule has 3 N–H and O–H groups in total. The van der Waals surface area contributed by atoms with Gasteiger partial charge in [-0.1, -0.05) is 5.21 Å². The maximum atomic E-state index is 12.3. The van der Waals surface area contributed by atoms with E-state index < -0.39 is 10.8 Å². The SMILES string of the molecule is Cc1c(C(=O)NN=Cc2cc3c(cc2[N+](=O)[O-])OCO3)nnn1-c1nonc1N. The number of nitro groups is 1. The maximum absolute atomic E-state index is 12.3. The average Bonchev–Trinajstić information content (AvgIpc) is 3.40. The monoisotopic (exact) mass is 401 g/mol. The lowest BCUT2D eigenvalue weighted by Gasteiger charge is -2.01. The van der Waals surface area contributed by atoms with Crippen molar-refractivity contribution in [2.24, 2.45) is 5.10 Å². The van der Waals surface area contributed by atoms with E-state index in [-0.39, 0.29) is 41.1 Å². The molecule has 0 aliphatic carbocycles. The van der Waals surface area contributed by atoms with Gasteiger partial charge in [0.2, 0.25) is 18.4 Å². The number of anilines is 1. The number of benzene rings is 1. The number of hydrazone groups is 1. The quantitative estimate of drug-likeness (QED) is 0.330. The van der Waals surface area contributed by atoms with Crippen molar-refractivity contribution in [2.45, 2.75) is 6.92 Å². The second-order valence-electron chi connectivity index (χ2n) is 5.63. The van der Waals surface area contributed by atoms with Crippen LogP contribution in [-0.2, 0) is 0 Å². The summed E-state index contributed by atoms with van der Waals surface area (Å²) in [6.45, 7) is 1.51. The number of carbonyl (C=O) groups is 1. The molecule has 0 radical (unpaired) electrons. The summed E-state index contributed by atoms with van der Waals surface area (Å²) in [6.07, 6.45) is 1.11. The Labute approximate surface area is 160 Å². The molecule has 0 bridgehead atoms. The first-order chi connectivity index (χ1) is 14.0. The number of hydrogen-bond donors (Lipinski definition) is 2. The van der Waals surface area contributed by atoms with E-state index in [0.29, 0.717) is 11.4 Å². The molecule has 3 aromatic rings. The van der Waals surface area contributed by atoms with E-state index in [9.17, 15) is 14.9 Å². The molecule has 1 aliphatic heterocycles.